The molecule has 0 aliphatic carbocycles. The number of aromatic nitrogens is 2. The molecule has 0 radical (unpaired) electrons. The summed E-state index contributed by atoms with van der Waals surface area (Å²) >= 11 is 0. The van der Waals surface area contributed by atoms with Crippen molar-refractivity contribution in [2.45, 2.75) is 6.42 Å². The zero-order chi connectivity index (χ0) is 13.0. The maximum atomic E-state index is 13.2. The van der Waals surface area contributed by atoms with Crippen LogP contribution in [0.5, 0.6) is 5.75 Å². The Balaban J connectivity index is 1.92. The Bertz CT molecular complexity index is 525. The van der Waals surface area contributed by atoms with Crippen LogP contribution in [-0.4, -0.2) is 23.4 Å². The lowest BCUT2D eigenvalue weighted by Gasteiger charge is -2.08. The van der Waals surface area contributed by atoms with E-state index in [0.29, 0.717) is 0 Å². The number of halogens is 1. The minimum Gasteiger partial charge on any atom is -0.494 e. The molecule has 0 atom stereocenters. The standard InChI is InChI=1S/C13H16FN3O/c1-17-11(6-8-16-17)5-7-15-10-3-4-12(14)13(9-10)18-2/h3-4,6,8-9,15H,5,7H2,1-2H3. The predicted octanol–water partition coefficient (Wildman–Crippen LogP) is 2.22. The van der Waals surface area contributed by atoms with Gasteiger partial charge in [-0.2, -0.15) is 5.10 Å². The van der Waals surface area contributed by atoms with E-state index in [1.807, 2.05) is 17.8 Å². The summed E-state index contributed by atoms with van der Waals surface area (Å²) in [6.07, 6.45) is 2.63. The second kappa shape index (κ2) is 5.53. The molecule has 0 saturated carbocycles. The van der Waals surface area contributed by atoms with Crippen LogP contribution in [0.15, 0.2) is 30.5 Å². The van der Waals surface area contributed by atoms with Gasteiger partial charge in [-0.3, -0.25) is 4.68 Å². The molecule has 5 heteroatoms. The summed E-state index contributed by atoms with van der Waals surface area (Å²) in [5.74, 6) is -0.102. The number of aryl methyl sites for hydroxylation is 1. The average molecular weight is 249 g/mol. The van der Waals surface area contributed by atoms with E-state index >= 15 is 0 Å². The molecular formula is C13H16FN3O. The summed E-state index contributed by atoms with van der Waals surface area (Å²) in [5, 5.41) is 7.32. The molecule has 4 nitrogen and oxygen atoms in total. The van der Waals surface area contributed by atoms with Gasteiger partial charge in [0.1, 0.15) is 0 Å². The molecule has 1 heterocycles. The van der Waals surface area contributed by atoms with E-state index in [4.69, 9.17) is 4.74 Å². The Morgan fingerprint density at radius 3 is 2.89 bits per heavy atom. The average Bonchev–Trinajstić information content (AvgIpc) is 2.77. The van der Waals surface area contributed by atoms with E-state index in [-0.39, 0.29) is 11.6 Å². The predicted molar refractivity (Wildman–Crippen MR) is 68.4 cm³/mol. The second-order valence-electron chi connectivity index (χ2n) is 3.97. The number of ether oxygens (including phenoxy) is 1. The molecule has 1 N–H and O–H groups in total. The largest absolute Gasteiger partial charge is 0.494 e. The highest BCUT2D eigenvalue weighted by Gasteiger charge is 2.03. The van der Waals surface area contributed by atoms with Crippen molar-refractivity contribution in [1.29, 1.82) is 0 Å². The lowest BCUT2D eigenvalue weighted by Crippen LogP contribution is -2.08. The van der Waals surface area contributed by atoms with Gasteiger partial charge in [-0.1, -0.05) is 0 Å². The van der Waals surface area contributed by atoms with E-state index in [9.17, 15) is 4.39 Å². The van der Waals surface area contributed by atoms with Gasteiger partial charge in [0.15, 0.2) is 11.6 Å². The maximum absolute atomic E-state index is 13.2. The highest BCUT2D eigenvalue weighted by molar-refractivity contribution is 5.48. The van der Waals surface area contributed by atoms with Crippen molar-refractivity contribution in [3.05, 3.63) is 42.0 Å². The Hall–Kier alpha value is -2.04. The van der Waals surface area contributed by atoms with Gasteiger partial charge in [0.05, 0.1) is 7.11 Å². The van der Waals surface area contributed by atoms with Crippen LogP contribution in [-0.2, 0) is 13.5 Å². The highest BCUT2D eigenvalue weighted by atomic mass is 19.1. The van der Waals surface area contributed by atoms with Crippen LogP contribution in [0.2, 0.25) is 0 Å². The topological polar surface area (TPSA) is 39.1 Å². The van der Waals surface area contributed by atoms with Crippen molar-refractivity contribution < 1.29 is 9.13 Å². The first-order chi connectivity index (χ1) is 8.70. The SMILES string of the molecule is COc1cc(NCCc2ccnn2C)ccc1F. The molecule has 2 aromatic rings. The number of benzene rings is 1. The molecular weight excluding hydrogens is 233 g/mol. The summed E-state index contributed by atoms with van der Waals surface area (Å²) in [6.45, 7) is 0.758. The normalized spacial score (nSPS) is 10.4. The molecule has 0 fully saturated rings. The summed E-state index contributed by atoms with van der Waals surface area (Å²) < 4.78 is 20.0. The molecule has 2 rings (SSSR count). The van der Waals surface area contributed by atoms with Crippen molar-refractivity contribution in [1.82, 2.24) is 9.78 Å². The number of anilines is 1. The van der Waals surface area contributed by atoms with E-state index < -0.39 is 0 Å². The van der Waals surface area contributed by atoms with E-state index in [2.05, 4.69) is 10.4 Å². The van der Waals surface area contributed by atoms with Crippen LogP contribution in [0.3, 0.4) is 0 Å². The first-order valence-corrected chi connectivity index (χ1v) is 5.75. The summed E-state index contributed by atoms with van der Waals surface area (Å²) in [4.78, 5) is 0. The van der Waals surface area contributed by atoms with Crippen LogP contribution in [0, 0.1) is 5.82 Å². The molecule has 0 bridgehead atoms. The van der Waals surface area contributed by atoms with Crippen molar-refractivity contribution in [3.8, 4) is 5.75 Å². The van der Waals surface area contributed by atoms with Gasteiger partial charge in [-0.25, -0.2) is 4.39 Å². The molecule has 18 heavy (non-hydrogen) atoms. The summed E-state index contributed by atoms with van der Waals surface area (Å²) in [7, 11) is 3.37. The number of hydrogen-bond acceptors (Lipinski definition) is 3. The number of nitrogens with zero attached hydrogens (tertiary/aromatic N) is 2. The minimum atomic E-state index is -0.352. The number of hydrogen-bond donors (Lipinski definition) is 1. The van der Waals surface area contributed by atoms with Crippen LogP contribution >= 0.6 is 0 Å². The van der Waals surface area contributed by atoms with Gasteiger partial charge < -0.3 is 10.1 Å². The first-order valence-electron chi connectivity index (χ1n) is 5.75. The molecule has 0 unspecified atom stereocenters. The molecule has 0 aliphatic heterocycles. The van der Waals surface area contributed by atoms with Crippen LogP contribution in [0.25, 0.3) is 0 Å². The fraction of sp³-hybridized carbons (Fsp3) is 0.308. The molecule has 0 amide bonds. The zero-order valence-electron chi connectivity index (χ0n) is 10.5. The summed E-state index contributed by atoms with van der Waals surface area (Å²) in [5.41, 5.74) is 1.99. The Morgan fingerprint density at radius 1 is 1.39 bits per heavy atom. The molecule has 0 aliphatic rings. The van der Waals surface area contributed by atoms with Gasteiger partial charge >= 0.3 is 0 Å². The molecule has 1 aromatic heterocycles. The first kappa shape index (κ1) is 12.4. The second-order valence-corrected chi connectivity index (χ2v) is 3.97. The van der Waals surface area contributed by atoms with E-state index in [0.717, 1.165) is 24.3 Å². The zero-order valence-corrected chi connectivity index (χ0v) is 10.5. The van der Waals surface area contributed by atoms with Crippen molar-refractivity contribution >= 4 is 5.69 Å². The van der Waals surface area contributed by atoms with Crippen molar-refractivity contribution in [2.24, 2.45) is 7.05 Å². The highest BCUT2D eigenvalue weighted by Crippen LogP contribution is 2.21. The molecule has 0 spiro atoms. The van der Waals surface area contributed by atoms with Crippen LogP contribution in [0.1, 0.15) is 5.69 Å². The molecule has 1 aromatic carbocycles. The van der Waals surface area contributed by atoms with Gasteiger partial charge in [0.2, 0.25) is 0 Å². The quantitative estimate of drug-likeness (QED) is 0.883. The van der Waals surface area contributed by atoms with Gasteiger partial charge in [-0.05, 0) is 18.2 Å². The Morgan fingerprint density at radius 2 is 2.22 bits per heavy atom. The smallest absolute Gasteiger partial charge is 0.165 e. The molecule has 96 valence electrons. The van der Waals surface area contributed by atoms with Crippen molar-refractivity contribution in [3.63, 3.8) is 0 Å². The lowest BCUT2D eigenvalue weighted by atomic mass is 10.2. The van der Waals surface area contributed by atoms with Gasteiger partial charge in [0.25, 0.3) is 0 Å². The molecule has 0 saturated heterocycles. The van der Waals surface area contributed by atoms with Crippen LogP contribution < -0.4 is 10.1 Å². The maximum Gasteiger partial charge on any atom is 0.165 e. The fourth-order valence-electron chi connectivity index (χ4n) is 1.75. The van der Waals surface area contributed by atoms with Gasteiger partial charge in [-0.15, -0.1) is 0 Å². The van der Waals surface area contributed by atoms with Crippen LogP contribution in [0.4, 0.5) is 10.1 Å². The third kappa shape index (κ3) is 2.80. The number of nitrogens with one attached hydrogen (secondary N) is 1. The summed E-state index contributed by atoms with van der Waals surface area (Å²) in [6, 6.07) is 6.72. The van der Waals surface area contributed by atoms with Gasteiger partial charge in [0, 0.05) is 43.7 Å². The number of methoxy groups -OCH3 is 1. The number of rotatable bonds is 5. The third-order valence-corrected chi connectivity index (χ3v) is 2.78. The Kier molecular flexibility index (Phi) is 3.82. The Labute approximate surface area is 105 Å². The fourth-order valence-corrected chi connectivity index (χ4v) is 1.75. The lowest BCUT2D eigenvalue weighted by molar-refractivity contribution is 0.387. The van der Waals surface area contributed by atoms with E-state index in [1.54, 1.807) is 18.3 Å². The monoisotopic (exact) mass is 249 g/mol. The minimum absolute atomic E-state index is 0.250. The van der Waals surface area contributed by atoms with Crippen molar-refractivity contribution in [2.75, 3.05) is 19.0 Å². The third-order valence-electron chi connectivity index (χ3n) is 2.78. The van der Waals surface area contributed by atoms with E-state index in [1.165, 1.54) is 13.2 Å².